The zero-order valence-corrected chi connectivity index (χ0v) is 18.3. The first-order chi connectivity index (χ1) is 14.5. The Morgan fingerprint density at radius 3 is 2.03 bits per heavy atom. The average Bonchev–Trinajstić information content (AvgIpc) is 2.75. The average molecular weight is 419 g/mol. The van der Waals surface area contributed by atoms with E-state index in [1.54, 1.807) is 7.05 Å². The lowest BCUT2D eigenvalue weighted by Crippen LogP contribution is -2.37. The Labute approximate surface area is 182 Å². The molecule has 154 valence electrons. The van der Waals surface area contributed by atoms with Gasteiger partial charge < -0.3 is 10.2 Å². The summed E-state index contributed by atoms with van der Waals surface area (Å²) in [6, 6.07) is 25.4. The number of aryl methyl sites for hydroxylation is 2. The first kappa shape index (κ1) is 21.7. The van der Waals surface area contributed by atoms with Gasteiger partial charge in [-0.05, 0) is 42.7 Å². The van der Waals surface area contributed by atoms with E-state index in [4.69, 9.17) is 0 Å². The van der Waals surface area contributed by atoms with Crippen LogP contribution in [0.3, 0.4) is 0 Å². The number of hydrogen-bond acceptors (Lipinski definition) is 3. The Morgan fingerprint density at radius 1 is 0.867 bits per heavy atom. The van der Waals surface area contributed by atoms with Crippen LogP contribution < -0.4 is 5.32 Å². The molecule has 0 saturated heterocycles. The summed E-state index contributed by atoms with van der Waals surface area (Å²) >= 11 is 1.49. The van der Waals surface area contributed by atoms with Crippen molar-refractivity contribution in [1.82, 2.24) is 4.90 Å². The standard InChI is InChI=1S/C25H26N2O2S/c1-18-11-10-12-19(2)23(18)26-22(28)17-27(3)25(29)24(20-13-6-4-7-14-20)30-21-15-8-5-9-16-21/h4-16,24H,17H2,1-3H3,(H,26,28). The number of anilines is 1. The molecule has 1 N–H and O–H groups in total. The SMILES string of the molecule is Cc1cccc(C)c1NC(=O)CN(C)C(=O)C(Sc1ccccc1)c1ccccc1. The van der Waals surface area contributed by atoms with Crippen molar-refractivity contribution in [3.63, 3.8) is 0 Å². The van der Waals surface area contributed by atoms with Crippen molar-refractivity contribution >= 4 is 29.3 Å². The fourth-order valence-corrected chi connectivity index (χ4v) is 4.37. The van der Waals surface area contributed by atoms with Gasteiger partial charge in [0.15, 0.2) is 0 Å². The molecule has 0 saturated carbocycles. The second kappa shape index (κ2) is 10.1. The molecule has 2 amide bonds. The minimum Gasteiger partial charge on any atom is -0.335 e. The van der Waals surface area contributed by atoms with Crippen molar-refractivity contribution in [2.75, 3.05) is 18.9 Å². The number of nitrogens with one attached hydrogen (secondary N) is 1. The highest BCUT2D eigenvalue weighted by molar-refractivity contribution is 8.00. The molecule has 3 aromatic carbocycles. The Hall–Kier alpha value is -3.05. The highest BCUT2D eigenvalue weighted by Gasteiger charge is 2.26. The number of carbonyl (C=O) groups excluding carboxylic acids is 2. The smallest absolute Gasteiger partial charge is 0.243 e. The third-order valence-electron chi connectivity index (χ3n) is 4.83. The van der Waals surface area contributed by atoms with E-state index in [2.05, 4.69) is 5.32 Å². The van der Waals surface area contributed by atoms with Gasteiger partial charge in [0.05, 0.1) is 6.54 Å². The van der Waals surface area contributed by atoms with E-state index >= 15 is 0 Å². The highest BCUT2D eigenvalue weighted by atomic mass is 32.2. The summed E-state index contributed by atoms with van der Waals surface area (Å²) in [5.74, 6) is -0.313. The number of carbonyl (C=O) groups is 2. The molecule has 0 spiro atoms. The molecule has 5 heteroatoms. The number of benzene rings is 3. The largest absolute Gasteiger partial charge is 0.335 e. The summed E-state index contributed by atoms with van der Waals surface area (Å²) in [6.07, 6.45) is 0. The molecule has 0 aliphatic carbocycles. The van der Waals surface area contributed by atoms with E-state index in [0.29, 0.717) is 0 Å². The monoisotopic (exact) mass is 418 g/mol. The van der Waals surface area contributed by atoms with Crippen LogP contribution in [0.5, 0.6) is 0 Å². The first-order valence-electron chi connectivity index (χ1n) is 9.83. The predicted octanol–water partition coefficient (Wildman–Crippen LogP) is 5.23. The fraction of sp³-hybridized carbons (Fsp3) is 0.200. The first-order valence-corrected chi connectivity index (χ1v) is 10.7. The van der Waals surface area contributed by atoms with Gasteiger partial charge in [0.2, 0.25) is 11.8 Å². The maximum atomic E-state index is 13.3. The molecular weight excluding hydrogens is 392 g/mol. The summed E-state index contributed by atoms with van der Waals surface area (Å²) < 4.78 is 0. The summed E-state index contributed by atoms with van der Waals surface area (Å²) in [7, 11) is 1.67. The van der Waals surface area contributed by atoms with Crippen LogP contribution in [0.4, 0.5) is 5.69 Å². The van der Waals surface area contributed by atoms with Gasteiger partial charge in [0.25, 0.3) is 0 Å². The van der Waals surface area contributed by atoms with Gasteiger partial charge in [0.1, 0.15) is 5.25 Å². The predicted molar refractivity (Wildman–Crippen MR) is 124 cm³/mol. The Kier molecular flexibility index (Phi) is 7.31. The Bertz CT molecular complexity index is 986. The molecule has 3 aromatic rings. The summed E-state index contributed by atoms with van der Waals surface area (Å²) in [6.45, 7) is 3.91. The third kappa shape index (κ3) is 5.51. The minimum atomic E-state index is -0.424. The molecule has 4 nitrogen and oxygen atoms in total. The van der Waals surface area contributed by atoms with Crippen molar-refractivity contribution in [1.29, 1.82) is 0 Å². The van der Waals surface area contributed by atoms with Crippen molar-refractivity contribution in [2.45, 2.75) is 24.0 Å². The zero-order chi connectivity index (χ0) is 21.5. The topological polar surface area (TPSA) is 49.4 Å². The number of hydrogen-bond donors (Lipinski definition) is 1. The molecule has 3 rings (SSSR count). The lowest BCUT2D eigenvalue weighted by atomic mass is 10.1. The van der Waals surface area contributed by atoms with Crippen LogP contribution in [0.15, 0.2) is 83.8 Å². The molecule has 1 unspecified atom stereocenters. The van der Waals surface area contributed by atoms with Crippen LogP contribution in [0.2, 0.25) is 0 Å². The van der Waals surface area contributed by atoms with Crippen molar-refractivity contribution in [2.24, 2.45) is 0 Å². The van der Waals surface area contributed by atoms with Gasteiger partial charge in [-0.1, -0.05) is 66.7 Å². The summed E-state index contributed by atoms with van der Waals surface area (Å²) in [5, 5.41) is 2.53. The molecule has 0 radical (unpaired) electrons. The quantitative estimate of drug-likeness (QED) is 0.534. The van der Waals surface area contributed by atoms with E-state index in [-0.39, 0.29) is 18.4 Å². The Morgan fingerprint density at radius 2 is 1.43 bits per heavy atom. The number of thioether (sulfide) groups is 1. The van der Waals surface area contributed by atoms with Gasteiger partial charge in [-0.15, -0.1) is 11.8 Å². The van der Waals surface area contributed by atoms with Gasteiger partial charge >= 0.3 is 0 Å². The molecule has 0 fully saturated rings. The third-order valence-corrected chi connectivity index (χ3v) is 6.08. The van der Waals surface area contributed by atoms with Gasteiger partial charge in [-0.2, -0.15) is 0 Å². The number of amides is 2. The number of nitrogens with zero attached hydrogens (tertiary/aromatic N) is 1. The molecule has 0 aliphatic rings. The number of likely N-dealkylation sites (N-methyl/N-ethyl adjacent to an activating group) is 1. The van der Waals surface area contributed by atoms with Gasteiger partial charge in [0, 0.05) is 17.6 Å². The van der Waals surface area contributed by atoms with Gasteiger partial charge in [-0.25, -0.2) is 0 Å². The molecule has 0 aliphatic heterocycles. The second-order valence-corrected chi connectivity index (χ2v) is 8.41. The van der Waals surface area contributed by atoms with E-state index in [0.717, 1.165) is 27.3 Å². The van der Waals surface area contributed by atoms with Crippen molar-refractivity contribution in [3.8, 4) is 0 Å². The summed E-state index contributed by atoms with van der Waals surface area (Å²) in [4.78, 5) is 28.4. The maximum absolute atomic E-state index is 13.3. The van der Waals surface area contributed by atoms with Crippen LogP contribution >= 0.6 is 11.8 Å². The molecule has 0 aromatic heterocycles. The number of rotatable bonds is 7. The van der Waals surface area contributed by atoms with Crippen LogP contribution in [0, 0.1) is 13.8 Å². The van der Waals surface area contributed by atoms with E-state index in [1.165, 1.54) is 16.7 Å². The van der Waals surface area contributed by atoms with Crippen LogP contribution in [0.25, 0.3) is 0 Å². The molecular formula is C25H26N2O2S. The van der Waals surface area contributed by atoms with Crippen LogP contribution in [-0.2, 0) is 9.59 Å². The Balaban J connectivity index is 1.74. The van der Waals surface area contributed by atoms with E-state index < -0.39 is 5.25 Å². The molecule has 0 heterocycles. The molecule has 30 heavy (non-hydrogen) atoms. The summed E-state index contributed by atoms with van der Waals surface area (Å²) in [5.41, 5.74) is 3.72. The second-order valence-electron chi connectivity index (χ2n) is 7.23. The van der Waals surface area contributed by atoms with E-state index in [1.807, 2.05) is 92.7 Å². The maximum Gasteiger partial charge on any atom is 0.243 e. The van der Waals surface area contributed by atoms with E-state index in [9.17, 15) is 9.59 Å². The van der Waals surface area contributed by atoms with Crippen molar-refractivity contribution < 1.29 is 9.59 Å². The fourth-order valence-electron chi connectivity index (χ4n) is 3.21. The van der Waals surface area contributed by atoms with Crippen LogP contribution in [0.1, 0.15) is 21.9 Å². The van der Waals surface area contributed by atoms with Gasteiger partial charge in [-0.3, -0.25) is 9.59 Å². The normalized spacial score (nSPS) is 11.6. The van der Waals surface area contributed by atoms with Crippen molar-refractivity contribution in [3.05, 3.63) is 95.6 Å². The van der Waals surface area contributed by atoms with Crippen LogP contribution in [-0.4, -0.2) is 30.3 Å². The minimum absolute atomic E-state index is 0.00864. The lowest BCUT2D eigenvalue weighted by Gasteiger charge is -2.24. The molecule has 0 bridgehead atoms. The zero-order valence-electron chi connectivity index (χ0n) is 17.5. The lowest BCUT2D eigenvalue weighted by molar-refractivity contribution is -0.132. The number of para-hydroxylation sites is 1. The highest BCUT2D eigenvalue weighted by Crippen LogP contribution is 2.36. The molecule has 1 atom stereocenters.